The molecule has 0 spiro atoms. The molecular formula is C31H32N2O. The zero-order valence-corrected chi connectivity index (χ0v) is 19.8. The van der Waals surface area contributed by atoms with Crippen LogP contribution in [-0.2, 0) is 29.4 Å². The number of hydrogen-bond acceptors (Lipinski definition) is 3. The molecule has 1 aromatic heterocycles. The van der Waals surface area contributed by atoms with E-state index in [0.29, 0.717) is 0 Å². The highest BCUT2D eigenvalue weighted by Gasteiger charge is 2.61. The Kier molecular flexibility index (Phi) is 5.47. The van der Waals surface area contributed by atoms with Crippen LogP contribution in [0.15, 0.2) is 91.0 Å². The molecule has 6 rings (SSSR count). The minimum Gasteiger partial charge on any atom is -0.375 e. The van der Waals surface area contributed by atoms with E-state index in [1.54, 1.807) is 0 Å². The topological polar surface area (TPSA) is 34.1 Å². The van der Waals surface area contributed by atoms with Gasteiger partial charge in [0.25, 0.3) is 0 Å². The lowest BCUT2D eigenvalue weighted by atomic mass is 9.53. The van der Waals surface area contributed by atoms with Crippen LogP contribution in [0.2, 0.25) is 0 Å². The number of rotatable bonds is 5. The number of aryl methyl sites for hydroxylation is 1. The van der Waals surface area contributed by atoms with Crippen molar-refractivity contribution in [1.29, 1.82) is 0 Å². The van der Waals surface area contributed by atoms with Crippen LogP contribution >= 0.6 is 0 Å². The van der Waals surface area contributed by atoms with Gasteiger partial charge in [0.2, 0.25) is 0 Å². The number of para-hydroxylation sites is 1. The molecule has 2 aliphatic rings. The number of benzene rings is 3. The Morgan fingerprint density at radius 2 is 1.65 bits per heavy atom. The first-order valence-corrected chi connectivity index (χ1v) is 12.5. The van der Waals surface area contributed by atoms with E-state index in [2.05, 4.69) is 96.3 Å². The zero-order valence-electron chi connectivity index (χ0n) is 19.8. The lowest BCUT2D eigenvalue weighted by molar-refractivity contribution is -0.128. The molecular weight excluding hydrogens is 416 g/mol. The highest BCUT2D eigenvalue weighted by atomic mass is 16.5. The summed E-state index contributed by atoms with van der Waals surface area (Å²) in [5, 5.41) is 5.11. The van der Waals surface area contributed by atoms with Gasteiger partial charge in [0, 0.05) is 42.5 Å². The zero-order chi connectivity index (χ0) is 23.0. The van der Waals surface area contributed by atoms with E-state index in [0.717, 1.165) is 44.2 Å². The van der Waals surface area contributed by atoms with Crippen LogP contribution in [0.5, 0.6) is 0 Å². The fourth-order valence-corrected chi connectivity index (χ4v) is 6.72. The fourth-order valence-electron chi connectivity index (χ4n) is 6.72. The molecule has 3 atom stereocenters. The maximum Gasteiger partial charge on any atom is 0.0971 e. The number of methoxy groups -OCH3 is 1. The summed E-state index contributed by atoms with van der Waals surface area (Å²) in [5.74, 6) is 0. The first-order chi connectivity index (χ1) is 16.7. The summed E-state index contributed by atoms with van der Waals surface area (Å²) in [5.41, 5.74) is 5.97. The van der Waals surface area contributed by atoms with Crippen LogP contribution in [0, 0.1) is 0 Å². The molecule has 1 aliphatic carbocycles. The van der Waals surface area contributed by atoms with E-state index in [9.17, 15) is 0 Å². The average Bonchev–Trinajstić information content (AvgIpc) is 2.90. The Morgan fingerprint density at radius 1 is 0.912 bits per heavy atom. The van der Waals surface area contributed by atoms with Gasteiger partial charge in [0.15, 0.2) is 0 Å². The van der Waals surface area contributed by atoms with Gasteiger partial charge >= 0.3 is 0 Å². The van der Waals surface area contributed by atoms with Gasteiger partial charge in [-0.15, -0.1) is 0 Å². The van der Waals surface area contributed by atoms with Gasteiger partial charge in [-0.1, -0.05) is 78.9 Å². The predicted molar refractivity (Wildman–Crippen MR) is 138 cm³/mol. The molecule has 3 nitrogen and oxygen atoms in total. The van der Waals surface area contributed by atoms with E-state index in [-0.39, 0.29) is 17.1 Å². The molecule has 2 heterocycles. The minimum atomic E-state index is -0.335. The van der Waals surface area contributed by atoms with Gasteiger partial charge < -0.3 is 10.1 Å². The van der Waals surface area contributed by atoms with Crippen molar-refractivity contribution in [1.82, 2.24) is 10.3 Å². The quantitative estimate of drug-likeness (QED) is 0.428. The highest BCUT2D eigenvalue weighted by Crippen LogP contribution is 2.53. The maximum atomic E-state index is 6.72. The molecule has 0 amide bonds. The molecule has 0 radical (unpaired) electrons. The van der Waals surface area contributed by atoms with E-state index in [1.807, 2.05) is 7.11 Å². The van der Waals surface area contributed by atoms with Crippen molar-refractivity contribution in [2.24, 2.45) is 0 Å². The van der Waals surface area contributed by atoms with E-state index in [4.69, 9.17) is 9.72 Å². The molecule has 4 aromatic rings. The largest absolute Gasteiger partial charge is 0.375 e. The van der Waals surface area contributed by atoms with Gasteiger partial charge in [-0.2, -0.15) is 0 Å². The summed E-state index contributed by atoms with van der Waals surface area (Å²) in [6.45, 7) is 0.988. The standard InChI is InChI=1S/C31H32N2O/c1-34-31-21-25-20-24-12-8-9-15-27(24)33-28(25)22-30(31,26-13-6-3-7-14-26)18-19-32-29(31)17-16-23-10-4-2-5-11-23/h2-15,20,29,32H,16-19,21-22H2,1H3/t29?,30-,31-/m0/s1. The third-order valence-electron chi connectivity index (χ3n) is 8.39. The Morgan fingerprint density at radius 3 is 2.44 bits per heavy atom. The normalized spacial score (nSPS) is 26.1. The summed E-state index contributed by atoms with van der Waals surface area (Å²) in [6, 6.07) is 33.0. The van der Waals surface area contributed by atoms with Crippen LogP contribution < -0.4 is 5.32 Å². The van der Waals surface area contributed by atoms with Gasteiger partial charge in [0.05, 0.1) is 11.1 Å². The number of piperidine rings is 1. The fraction of sp³-hybridized carbons (Fsp3) is 0.323. The second kappa shape index (κ2) is 8.65. The smallest absolute Gasteiger partial charge is 0.0971 e. The number of fused-ring (bicyclic) bond motifs is 3. The molecule has 3 aromatic carbocycles. The van der Waals surface area contributed by atoms with Crippen molar-refractivity contribution in [2.45, 2.75) is 49.2 Å². The molecule has 3 heteroatoms. The minimum absolute atomic E-state index is 0.113. The molecule has 1 unspecified atom stereocenters. The molecule has 0 bridgehead atoms. The van der Waals surface area contributed by atoms with Crippen LogP contribution in [0.3, 0.4) is 0 Å². The Labute approximate surface area is 202 Å². The summed E-state index contributed by atoms with van der Waals surface area (Å²) < 4.78 is 6.72. The summed E-state index contributed by atoms with van der Waals surface area (Å²) in [6.07, 6.45) is 4.91. The first kappa shape index (κ1) is 21.5. The van der Waals surface area contributed by atoms with Gasteiger partial charge in [-0.25, -0.2) is 0 Å². The molecule has 172 valence electrons. The van der Waals surface area contributed by atoms with Crippen molar-refractivity contribution < 1.29 is 4.74 Å². The number of nitrogens with one attached hydrogen (secondary N) is 1. The highest BCUT2D eigenvalue weighted by molar-refractivity contribution is 5.79. The molecule has 1 saturated heterocycles. The van der Waals surface area contributed by atoms with Crippen molar-refractivity contribution in [3.05, 3.63) is 113 Å². The van der Waals surface area contributed by atoms with E-state index < -0.39 is 0 Å². The van der Waals surface area contributed by atoms with Gasteiger partial charge in [-0.05, 0) is 54.6 Å². The first-order valence-electron chi connectivity index (χ1n) is 12.5. The van der Waals surface area contributed by atoms with Crippen molar-refractivity contribution >= 4 is 10.9 Å². The lowest BCUT2D eigenvalue weighted by Gasteiger charge is -2.60. The molecule has 1 N–H and O–H groups in total. The van der Waals surface area contributed by atoms with Crippen LogP contribution in [0.4, 0.5) is 0 Å². The molecule has 1 aliphatic heterocycles. The van der Waals surface area contributed by atoms with Crippen LogP contribution in [0.25, 0.3) is 10.9 Å². The number of ether oxygens (including phenoxy) is 1. The van der Waals surface area contributed by atoms with Gasteiger partial charge in [-0.3, -0.25) is 4.98 Å². The van der Waals surface area contributed by atoms with E-state index in [1.165, 1.54) is 27.8 Å². The second-order valence-corrected chi connectivity index (χ2v) is 9.96. The predicted octanol–water partition coefficient (Wildman–Crippen LogP) is 5.65. The number of pyridine rings is 1. The second-order valence-electron chi connectivity index (χ2n) is 9.96. The van der Waals surface area contributed by atoms with Crippen LogP contribution in [-0.4, -0.2) is 30.3 Å². The van der Waals surface area contributed by atoms with Crippen molar-refractivity contribution in [2.75, 3.05) is 13.7 Å². The molecule has 1 fully saturated rings. The maximum absolute atomic E-state index is 6.72. The number of hydrogen-bond donors (Lipinski definition) is 1. The lowest BCUT2D eigenvalue weighted by Crippen LogP contribution is -2.71. The summed E-state index contributed by atoms with van der Waals surface area (Å²) in [7, 11) is 1.93. The third-order valence-corrected chi connectivity index (χ3v) is 8.39. The summed E-state index contributed by atoms with van der Waals surface area (Å²) in [4.78, 5) is 5.19. The summed E-state index contributed by atoms with van der Waals surface area (Å²) >= 11 is 0. The monoisotopic (exact) mass is 448 g/mol. The third kappa shape index (κ3) is 3.38. The Bertz CT molecular complexity index is 1290. The van der Waals surface area contributed by atoms with Crippen LogP contribution in [0.1, 0.15) is 35.2 Å². The van der Waals surface area contributed by atoms with Gasteiger partial charge in [0.1, 0.15) is 0 Å². The molecule has 0 saturated carbocycles. The number of aromatic nitrogens is 1. The van der Waals surface area contributed by atoms with Crippen molar-refractivity contribution in [3.63, 3.8) is 0 Å². The Balaban J connectivity index is 1.48. The van der Waals surface area contributed by atoms with Crippen molar-refractivity contribution in [3.8, 4) is 0 Å². The molecule has 34 heavy (non-hydrogen) atoms. The number of nitrogens with zero attached hydrogens (tertiary/aromatic N) is 1. The SMILES string of the molecule is CO[C@]12Cc3cc4ccccc4nc3C[C@]1(c1ccccc1)CCNC2CCc1ccccc1. The average molecular weight is 449 g/mol. The van der Waals surface area contributed by atoms with E-state index >= 15 is 0 Å². The Hall–Kier alpha value is -3.01.